The Morgan fingerprint density at radius 3 is 1.91 bits per heavy atom. The van der Waals surface area contributed by atoms with E-state index in [2.05, 4.69) is 0 Å². The summed E-state index contributed by atoms with van der Waals surface area (Å²) in [6, 6.07) is -0.979. The number of aliphatic hydroxyl groups excluding tert-OH is 5. The van der Waals surface area contributed by atoms with E-state index in [-0.39, 0.29) is 19.1 Å². The summed E-state index contributed by atoms with van der Waals surface area (Å²) in [5, 5.41) is 51.8. The molecule has 0 fully saturated rings. The molecule has 11 nitrogen and oxygen atoms in total. The van der Waals surface area contributed by atoms with Gasteiger partial charge in [-0.15, -0.1) is 0 Å². The predicted octanol–water partition coefficient (Wildman–Crippen LogP) is -4.71. The van der Waals surface area contributed by atoms with E-state index < -0.39 is 48.9 Å². The van der Waals surface area contributed by atoms with Crippen LogP contribution in [0.4, 0.5) is 0 Å². The van der Waals surface area contributed by atoms with Crippen LogP contribution in [-0.4, -0.2) is 85.9 Å². The molecule has 130 valence electrons. The average molecular weight is 326 g/mol. The average Bonchev–Trinajstić information content (AvgIpc) is 2.49. The summed E-state index contributed by atoms with van der Waals surface area (Å²) in [6.07, 6.45) is -6.72. The van der Waals surface area contributed by atoms with Crippen LogP contribution in [0.2, 0.25) is 0 Å². The lowest BCUT2D eigenvalue weighted by Gasteiger charge is -2.22. The zero-order chi connectivity index (χ0) is 17.9. The third-order valence-corrected chi connectivity index (χ3v) is 2.44. The number of carbonyl (C=O) groups is 3. The molecular weight excluding hydrogens is 304 g/mol. The van der Waals surface area contributed by atoms with Crippen molar-refractivity contribution in [1.82, 2.24) is 0 Å². The van der Waals surface area contributed by atoms with Gasteiger partial charge in [0.25, 0.3) is 0 Å². The Balaban J connectivity index is 0. The number of aliphatic hydroxyl groups is 5. The quantitative estimate of drug-likeness (QED) is 0.189. The molecule has 5 atom stereocenters. The van der Waals surface area contributed by atoms with E-state index in [0.717, 1.165) is 0 Å². The summed E-state index contributed by atoms with van der Waals surface area (Å²) in [4.78, 5) is 30.0. The highest BCUT2D eigenvalue weighted by Crippen LogP contribution is 2.02. The number of nitrogens with two attached hydrogens (primary N) is 2. The Hall–Kier alpha value is -1.63. The number of hydrogen-bond acceptors (Lipinski definition) is 9. The van der Waals surface area contributed by atoms with Gasteiger partial charge in [0.2, 0.25) is 5.91 Å². The van der Waals surface area contributed by atoms with Crippen molar-refractivity contribution in [2.45, 2.75) is 43.3 Å². The van der Waals surface area contributed by atoms with Crippen molar-refractivity contribution in [3.8, 4) is 0 Å². The van der Waals surface area contributed by atoms with E-state index in [9.17, 15) is 14.4 Å². The Morgan fingerprint density at radius 2 is 1.59 bits per heavy atom. The second-order valence-electron chi connectivity index (χ2n) is 4.31. The van der Waals surface area contributed by atoms with E-state index >= 15 is 0 Å². The van der Waals surface area contributed by atoms with Crippen LogP contribution in [0.3, 0.4) is 0 Å². The molecule has 0 aromatic rings. The second-order valence-corrected chi connectivity index (χ2v) is 4.31. The molecule has 0 radical (unpaired) electrons. The molecule has 0 bridgehead atoms. The molecule has 0 saturated heterocycles. The van der Waals surface area contributed by atoms with E-state index in [0.29, 0.717) is 0 Å². The predicted molar refractivity (Wildman–Crippen MR) is 71.2 cm³/mol. The fourth-order valence-corrected chi connectivity index (χ4v) is 1.04. The van der Waals surface area contributed by atoms with Crippen LogP contribution in [0.5, 0.6) is 0 Å². The molecule has 0 unspecified atom stereocenters. The maximum atomic E-state index is 10.1. The molecule has 0 spiro atoms. The molecule has 22 heavy (non-hydrogen) atoms. The first-order chi connectivity index (χ1) is 10.1. The van der Waals surface area contributed by atoms with Crippen LogP contribution in [0.25, 0.3) is 0 Å². The molecule has 11 heteroatoms. The van der Waals surface area contributed by atoms with Crippen LogP contribution in [-0.2, 0) is 14.4 Å². The Morgan fingerprint density at radius 1 is 1.09 bits per heavy atom. The fraction of sp³-hybridized carbons (Fsp3) is 0.727. The number of carbonyl (C=O) groups excluding carboxylic acids is 2. The van der Waals surface area contributed by atoms with Gasteiger partial charge in [0.15, 0.2) is 6.29 Å². The first-order valence-electron chi connectivity index (χ1n) is 6.13. The number of primary amides is 1. The molecule has 0 heterocycles. The molecule has 0 saturated carbocycles. The van der Waals surface area contributed by atoms with Crippen molar-refractivity contribution >= 4 is 18.2 Å². The minimum Gasteiger partial charge on any atom is -0.480 e. The van der Waals surface area contributed by atoms with Gasteiger partial charge in [-0.2, -0.15) is 0 Å². The largest absolute Gasteiger partial charge is 0.480 e. The van der Waals surface area contributed by atoms with Crippen LogP contribution in [0, 0.1) is 0 Å². The van der Waals surface area contributed by atoms with Gasteiger partial charge in [-0.25, -0.2) is 0 Å². The molecular formula is C11H22N2O9. The molecule has 0 aromatic carbocycles. The van der Waals surface area contributed by atoms with Crippen LogP contribution in [0.1, 0.15) is 12.8 Å². The molecule has 10 N–H and O–H groups in total. The standard InChI is InChI=1S/C6H12O6.C5H10N2O3/c7-1-3(9)5(11)6(12)4(10)2-8;6-3(5(9)10)1-2-4(7)8/h1,3-6,8-12H,2H2;3H,1-2,6H2,(H2,7,8)(H,9,10)/t3-,4+,5+,6+;3-/m00/s1. The van der Waals surface area contributed by atoms with Crippen molar-refractivity contribution in [2.75, 3.05) is 6.61 Å². The number of aldehydes is 1. The van der Waals surface area contributed by atoms with E-state index in [4.69, 9.17) is 42.1 Å². The van der Waals surface area contributed by atoms with Crippen molar-refractivity contribution in [3.63, 3.8) is 0 Å². The SMILES string of the molecule is NC(=O)CC[C@H](N)C(=O)O.O=C[C@H](O)[C@@H](O)[C@H](O)[C@H](O)CO. The van der Waals surface area contributed by atoms with Crippen LogP contribution in [0.15, 0.2) is 0 Å². The number of rotatable bonds is 9. The zero-order valence-corrected chi connectivity index (χ0v) is 11.6. The van der Waals surface area contributed by atoms with E-state index in [1.165, 1.54) is 0 Å². The van der Waals surface area contributed by atoms with Crippen molar-refractivity contribution < 1.29 is 45.0 Å². The highest BCUT2D eigenvalue weighted by Gasteiger charge is 2.29. The Kier molecular flexibility index (Phi) is 12.3. The third-order valence-electron chi connectivity index (χ3n) is 2.44. The van der Waals surface area contributed by atoms with E-state index in [1.807, 2.05) is 0 Å². The highest BCUT2D eigenvalue weighted by atomic mass is 16.4. The minimum absolute atomic E-state index is 0.0213. The first kappa shape index (κ1) is 22.6. The third kappa shape index (κ3) is 10.1. The molecule has 1 amide bonds. The number of hydrogen-bond donors (Lipinski definition) is 8. The number of amides is 1. The number of carboxylic acids is 1. The van der Waals surface area contributed by atoms with Crippen molar-refractivity contribution in [2.24, 2.45) is 11.5 Å². The summed E-state index contributed by atoms with van der Waals surface area (Å²) in [6.45, 7) is -0.760. The molecule has 0 aliphatic carbocycles. The lowest BCUT2D eigenvalue weighted by Crippen LogP contribution is -2.46. The highest BCUT2D eigenvalue weighted by molar-refractivity contribution is 5.76. The number of aliphatic carboxylic acids is 1. The lowest BCUT2D eigenvalue weighted by atomic mass is 10.0. The summed E-state index contributed by atoms with van der Waals surface area (Å²) >= 11 is 0. The second kappa shape index (κ2) is 12.0. The molecule has 0 aliphatic heterocycles. The lowest BCUT2D eigenvalue weighted by molar-refractivity contribution is -0.138. The van der Waals surface area contributed by atoms with Gasteiger partial charge < -0.3 is 46.9 Å². The maximum Gasteiger partial charge on any atom is 0.320 e. The minimum atomic E-state index is -1.79. The van der Waals surface area contributed by atoms with Gasteiger partial charge in [0.05, 0.1) is 6.61 Å². The van der Waals surface area contributed by atoms with Gasteiger partial charge >= 0.3 is 5.97 Å². The Bertz CT molecular complexity index is 352. The topological polar surface area (TPSA) is 225 Å². The summed E-state index contributed by atoms with van der Waals surface area (Å²) in [7, 11) is 0. The normalized spacial score (nSPS) is 17.2. The summed E-state index contributed by atoms with van der Waals surface area (Å²) < 4.78 is 0. The van der Waals surface area contributed by atoms with Gasteiger partial charge in [-0.1, -0.05) is 0 Å². The van der Waals surface area contributed by atoms with Crippen LogP contribution >= 0.6 is 0 Å². The van der Waals surface area contributed by atoms with Gasteiger partial charge in [0, 0.05) is 6.42 Å². The first-order valence-corrected chi connectivity index (χ1v) is 6.13. The van der Waals surface area contributed by atoms with Crippen LogP contribution < -0.4 is 11.5 Å². The Labute approximate surface area is 125 Å². The summed E-state index contributed by atoms with van der Waals surface area (Å²) in [5.41, 5.74) is 9.81. The summed E-state index contributed by atoms with van der Waals surface area (Å²) in [5.74, 6) is -1.64. The maximum absolute atomic E-state index is 10.1. The van der Waals surface area contributed by atoms with Crippen molar-refractivity contribution in [3.05, 3.63) is 0 Å². The van der Waals surface area contributed by atoms with Crippen molar-refractivity contribution in [1.29, 1.82) is 0 Å². The van der Waals surface area contributed by atoms with Gasteiger partial charge in [-0.05, 0) is 6.42 Å². The van der Waals surface area contributed by atoms with Gasteiger partial charge in [0.1, 0.15) is 30.5 Å². The van der Waals surface area contributed by atoms with Gasteiger partial charge in [-0.3, -0.25) is 9.59 Å². The molecule has 0 rings (SSSR count). The number of carboxylic acid groups (broad SMARTS) is 1. The monoisotopic (exact) mass is 326 g/mol. The zero-order valence-electron chi connectivity index (χ0n) is 11.6. The van der Waals surface area contributed by atoms with E-state index in [1.54, 1.807) is 0 Å². The smallest absolute Gasteiger partial charge is 0.320 e. The molecule has 0 aromatic heterocycles. The molecule has 0 aliphatic rings. The fourth-order valence-electron chi connectivity index (χ4n) is 1.04.